The van der Waals surface area contributed by atoms with Crippen LogP contribution in [0.5, 0.6) is 0 Å². The fraction of sp³-hybridized carbons (Fsp3) is 0.500. The predicted molar refractivity (Wildman–Crippen MR) is 82.7 cm³/mol. The molecule has 0 unspecified atom stereocenters. The normalized spacial score (nSPS) is 16.7. The first-order chi connectivity index (χ1) is 11.1. The molecule has 1 atom stereocenters. The summed E-state index contributed by atoms with van der Waals surface area (Å²) in [6, 6.07) is 4.09. The number of methoxy groups -OCH3 is 2. The molecule has 1 aromatic carbocycles. The Morgan fingerprint density at radius 2 is 1.96 bits per heavy atom. The van der Waals surface area contributed by atoms with Crippen molar-refractivity contribution in [1.29, 1.82) is 0 Å². The molecule has 0 fully saturated rings. The summed E-state index contributed by atoms with van der Waals surface area (Å²) in [5.41, 5.74) is 0.994. The number of ether oxygens (including phenoxy) is 2. The largest absolute Gasteiger partial charge is 0.383 e. The van der Waals surface area contributed by atoms with Crippen LogP contribution in [0.4, 0.5) is 10.1 Å². The van der Waals surface area contributed by atoms with Crippen molar-refractivity contribution in [3.05, 3.63) is 29.6 Å². The van der Waals surface area contributed by atoms with Gasteiger partial charge in [-0.15, -0.1) is 0 Å². The first-order valence-corrected chi connectivity index (χ1v) is 7.42. The molecular formula is C16H21FN2O4. The summed E-state index contributed by atoms with van der Waals surface area (Å²) in [5, 5.41) is 2.61. The first kappa shape index (κ1) is 17.4. The minimum Gasteiger partial charge on any atom is -0.383 e. The van der Waals surface area contributed by atoms with Gasteiger partial charge < -0.3 is 19.7 Å². The lowest BCUT2D eigenvalue weighted by Gasteiger charge is -2.30. The maximum Gasteiger partial charge on any atom is 0.230 e. The van der Waals surface area contributed by atoms with E-state index in [1.807, 2.05) is 0 Å². The summed E-state index contributed by atoms with van der Waals surface area (Å²) in [6.45, 7) is 1.61. The zero-order chi connectivity index (χ0) is 16.8. The van der Waals surface area contributed by atoms with Gasteiger partial charge in [0, 0.05) is 39.4 Å². The Morgan fingerprint density at radius 1 is 1.30 bits per heavy atom. The Hall–Kier alpha value is -1.99. The van der Waals surface area contributed by atoms with Gasteiger partial charge in [0.25, 0.3) is 0 Å². The quantitative estimate of drug-likeness (QED) is 0.823. The number of halogens is 1. The molecule has 0 saturated carbocycles. The Bertz CT molecular complexity index is 571. The van der Waals surface area contributed by atoms with E-state index in [2.05, 4.69) is 5.32 Å². The highest BCUT2D eigenvalue weighted by molar-refractivity contribution is 6.01. The van der Waals surface area contributed by atoms with Crippen molar-refractivity contribution in [3.8, 4) is 0 Å². The van der Waals surface area contributed by atoms with Crippen LogP contribution < -0.4 is 5.32 Å². The smallest absolute Gasteiger partial charge is 0.230 e. The van der Waals surface area contributed by atoms with Crippen LogP contribution in [0.3, 0.4) is 0 Å². The Kier molecular flexibility index (Phi) is 6.06. The molecule has 0 aromatic heterocycles. The molecule has 7 heteroatoms. The average Bonchev–Trinajstić information content (AvgIpc) is 2.53. The number of nitrogens with one attached hydrogen (secondary N) is 1. The monoisotopic (exact) mass is 324 g/mol. The van der Waals surface area contributed by atoms with Gasteiger partial charge in [-0.25, -0.2) is 4.39 Å². The number of hydrogen-bond acceptors (Lipinski definition) is 4. The summed E-state index contributed by atoms with van der Waals surface area (Å²) in [7, 11) is 3.12. The van der Waals surface area contributed by atoms with E-state index in [1.54, 1.807) is 25.2 Å². The molecule has 1 aliphatic rings. The van der Waals surface area contributed by atoms with Crippen molar-refractivity contribution in [2.45, 2.75) is 12.3 Å². The highest BCUT2D eigenvalue weighted by Crippen LogP contribution is 2.34. The van der Waals surface area contributed by atoms with Crippen LogP contribution in [0.1, 0.15) is 17.9 Å². The van der Waals surface area contributed by atoms with Crippen LogP contribution in [0.2, 0.25) is 0 Å². The molecule has 1 aromatic rings. The number of nitrogens with zero attached hydrogens (tertiary/aromatic N) is 1. The molecule has 0 saturated heterocycles. The SMILES string of the molecule is COCCN(CCOC)C(=O)[C@H]1CC(=O)Nc2cc(F)ccc21. The summed E-state index contributed by atoms with van der Waals surface area (Å²) < 4.78 is 23.4. The van der Waals surface area contributed by atoms with E-state index in [0.717, 1.165) is 0 Å². The topological polar surface area (TPSA) is 67.9 Å². The predicted octanol–water partition coefficient (Wildman–Crippen LogP) is 1.37. The van der Waals surface area contributed by atoms with Gasteiger partial charge in [-0.3, -0.25) is 9.59 Å². The van der Waals surface area contributed by atoms with Crippen molar-refractivity contribution in [1.82, 2.24) is 4.90 Å². The summed E-state index contributed by atoms with van der Waals surface area (Å²) >= 11 is 0. The van der Waals surface area contributed by atoms with Gasteiger partial charge in [-0.1, -0.05) is 6.07 Å². The second-order valence-corrected chi connectivity index (χ2v) is 5.35. The Morgan fingerprint density at radius 3 is 2.57 bits per heavy atom. The minimum absolute atomic E-state index is 0.0495. The third-order valence-electron chi connectivity index (χ3n) is 3.79. The molecule has 0 spiro atoms. The number of amides is 2. The van der Waals surface area contributed by atoms with Gasteiger partial charge in [0.2, 0.25) is 11.8 Å². The van der Waals surface area contributed by atoms with Crippen molar-refractivity contribution in [2.75, 3.05) is 45.8 Å². The van der Waals surface area contributed by atoms with Crippen LogP contribution in [0, 0.1) is 5.82 Å². The van der Waals surface area contributed by atoms with E-state index >= 15 is 0 Å². The third-order valence-corrected chi connectivity index (χ3v) is 3.79. The van der Waals surface area contributed by atoms with E-state index < -0.39 is 11.7 Å². The van der Waals surface area contributed by atoms with Crippen molar-refractivity contribution in [3.63, 3.8) is 0 Å². The molecule has 6 nitrogen and oxygen atoms in total. The van der Waals surface area contributed by atoms with Gasteiger partial charge in [0.1, 0.15) is 5.82 Å². The van der Waals surface area contributed by atoms with Gasteiger partial charge in [0.15, 0.2) is 0 Å². The van der Waals surface area contributed by atoms with Crippen LogP contribution in [0.15, 0.2) is 18.2 Å². The van der Waals surface area contributed by atoms with E-state index in [-0.39, 0.29) is 18.2 Å². The maximum absolute atomic E-state index is 13.4. The molecule has 23 heavy (non-hydrogen) atoms. The minimum atomic E-state index is -0.618. The lowest BCUT2D eigenvalue weighted by molar-refractivity contribution is -0.136. The van der Waals surface area contributed by atoms with Crippen LogP contribution in [0.25, 0.3) is 0 Å². The number of anilines is 1. The molecule has 126 valence electrons. The lowest BCUT2D eigenvalue weighted by atomic mass is 9.89. The molecule has 2 rings (SSSR count). The van der Waals surface area contributed by atoms with Gasteiger partial charge in [-0.05, 0) is 17.7 Å². The number of hydrogen-bond donors (Lipinski definition) is 1. The molecule has 0 aliphatic carbocycles. The molecule has 2 amide bonds. The van der Waals surface area contributed by atoms with Crippen molar-refractivity contribution in [2.24, 2.45) is 0 Å². The molecule has 1 heterocycles. The Balaban J connectivity index is 2.24. The maximum atomic E-state index is 13.4. The van der Waals surface area contributed by atoms with E-state index in [0.29, 0.717) is 37.6 Å². The fourth-order valence-corrected chi connectivity index (χ4v) is 2.61. The highest BCUT2D eigenvalue weighted by atomic mass is 19.1. The number of fused-ring (bicyclic) bond motifs is 1. The van der Waals surface area contributed by atoms with Crippen LogP contribution in [-0.2, 0) is 19.1 Å². The van der Waals surface area contributed by atoms with Crippen LogP contribution >= 0.6 is 0 Å². The van der Waals surface area contributed by atoms with Gasteiger partial charge >= 0.3 is 0 Å². The first-order valence-electron chi connectivity index (χ1n) is 7.42. The van der Waals surface area contributed by atoms with E-state index in [1.165, 1.54) is 12.1 Å². The van der Waals surface area contributed by atoms with Gasteiger partial charge in [0.05, 0.1) is 19.1 Å². The second kappa shape index (κ2) is 8.03. The summed E-state index contributed by atoms with van der Waals surface area (Å²) in [6.07, 6.45) is 0.0495. The Labute approximate surface area is 134 Å². The van der Waals surface area contributed by atoms with Gasteiger partial charge in [-0.2, -0.15) is 0 Å². The summed E-state index contributed by atoms with van der Waals surface area (Å²) in [5.74, 6) is -1.54. The third kappa shape index (κ3) is 4.27. The fourth-order valence-electron chi connectivity index (χ4n) is 2.61. The molecule has 0 bridgehead atoms. The van der Waals surface area contributed by atoms with Crippen molar-refractivity contribution < 1.29 is 23.5 Å². The zero-order valence-corrected chi connectivity index (χ0v) is 13.3. The van der Waals surface area contributed by atoms with Crippen molar-refractivity contribution >= 4 is 17.5 Å². The molecular weight excluding hydrogens is 303 g/mol. The number of benzene rings is 1. The van der Waals surface area contributed by atoms with Crippen LogP contribution in [-0.4, -0.2) is 57.2 Å². The zero-order valence-electron chi connectivity index (χ0n) is 13.3. The average molecular weight is 324 g/mol. The van der Waals surface area contributed by atoms with E-state index in [9.17, 15) is 14.0 Å². The highest BCUT2D eigenvalue weighted by Gasteiger charge is 2.33. The standard InChI is InChI=1S/C16H21FN2O4/c1-22-7-5-19(6-8-23-2)16(21)13-10-15(20)18-14-9-11(17)3-4-12(13)14/h3-4,9,13H,5-8,10H2,1-2H3,(H,18,20)/t13-/m0/s1. The summed E-state index contributed by atoms with van der Waals surface area (Å²) in [4.78, 5) is 26.3. The molecule has 0 radical (unpaired) electrons. The number of rotatable bonds is 7. The lowest BCUT2D eigenvalue weighted by Crippen LogP contribution is -2.41. The molecule has 1 aliphatic heterocycles. The second-order valence-electron chi connectivity index (χ2n) is 5.35. The molecule has 1 N–H and O–H groups in total. The number of carbonyl (C=O) groups is 2. The van der Waals surface area contributed by atoms with E-state index in [4.69, 9.17) is 9.47 Å². The number of carbonyl (C=O) groups excluding carboxylic acids is 2.